The number of hydrogen-bond donors (Lipinski definition) is 1. The van der Waals surface area contributed by atoms with E-state index in [1.165, 1.54) is 17.6 Å². The van der Waals surface area contributed by atoms with E-state index in [1.54, 1.807) is 0 Å². The van der Waals surface area contributed by atoms with Gasteiger partial charge in [-0.1, -0.05) is 19.9 Å². The number of likely N-dealkylation sites (tertiary alicyclic amines) is 1. The SMILES string of the molecule is CC1SC=C(COc2ccc3c(c2)OCC32CCN(CCC(=O)O)CC2)C2CC12C. The molecule has 5 rings (SSSR count). The molecule has 3 heterocycles. The zero-order chi connectivity index (χ0) is 20.9. The lowest BCUT2D eigenvalue weighted by Crippen LogP contribution is -2.44. The molecule has 162 valence electrons. The molecular formula is C24H31NO4S. The Kier molecular flexibility index (Phi) is 5.05. The maximum Gasteiger partial charge on any atom is 0.304 e. The molecule has 0 aromatic heterocycles. The number of carboxylic acids is 1. The molecule has 0 radical (unpaired) electrons. The number of benzene rings is 1. The Bertz CT molecular complexity index is 876. The van der Waals surface area contributed by atoms with Crippen LogP contribution in [0.25, 0.3) is 0 Å². The molecule has 3 atom stereocenters. The molecule has 1 N–H and O–H groups in total. The van der Waals surface area contributed by atoms with E-state index in [-0.39, 0.29) is 11.8 Å². The van der Waals surface area contributed by atoms with Gasteiger partial charge in [0.1, 0.15) is 18.1 Å². The smallest absolute Gasteiger partial charge is 0.304 e. The predicted octanol–water partition coefficient (Wildman–Crippen LogP) is 4.31. The standard InChI is InChI=1S/C24H31NO4S/c1-16-23(2)12-20(23)17(14-30-16)13-28-18-3-4-19-21(11-18)29-15-24(19)6-9-25(10-7-24)8-5-22(26)27/h3-4,11,14,16,20H,5-10,12-13,15H2,1-2H3,(H,26,27). The first-order valence-corrected chi connectivity index (χ1v) is 12.0. The minimum absolute atomic E-state index is 0.0715. The first kappa shape index (κ1) is 20.3. The minimum Gasteiger partial charge on any atom is -0.492 e. The Balaban J connectivity index is 1.20. The summed E-state index contributed by atoms with van der Waals surface area (Å²) in [6, 6.07) is 6.35. The predicted molar refractivity (Wildman–Crippen MR) is 118 cm³/mol. The lowest BCUT2D eigenvalue weighted by atomic mass is 9.74. The number of fused-ring (bicyclic) bond motifs is 3. The van der Waals surface area contributed by atoms with Gasteiger partial charge in [0.15, 0.2) is 0 Å². The quantitative estimate of drug-likeness (QED) is 0.727. The molecule has 6 heteroatoms. The van der Waals surface area contributed by atoms with Crippen molar-refractivity contribution >= 4 is 17.7 Å². The second-order valence-electron chi connectivity index (χ2n) is 9.73. The number of carboxylic acid groups (broad SMARTS) is 1. The van der Waals surface area contributed by atoms with Crippen molar-refractivity contribution in [3.05, 3.63) is 34.7 Å². The van der Waals surface area contributed by atoms with Gasteiger partial charge >= 0.3 is 5.97 Å². The second-order valence-corrected chi connectivity index (χ2v) is 10.9. The van der Waals surface area contributed by atoms with Crippen molar-refractivity contribution in [3.8, 4) is 11.5 Å². The van der Waals surface area contributed by atoms with Crippen LogP contribution in [-0.4, -0.2) is 54.1 Å². The maximum absolute atomic E-state index is 10.8. The summed E-state index contributed by atoms with van der Waals surface area (Å²) in [5, 5.41) is 11.9. The molecule has 1 aromatic carbocycles. The topological polar surface area (TPSA) is 59.0 Å². The molecule has 1 saturated heterocycles. The Labute approximate surface area is 182 Å². The molecule has 5 nitrogen and oxygen atoms in total. The molecular weight excluding hydrogens is 398 g/mol. The molecule has 4 aliphatic rings. The van der Waals surface area contributed by atoms with E-state index in [9.17, 15) is 4.79 Å². The molecule has 2 fully saturated rings. The van der Waals surface area contributed by atoms with Gasteiger partial charge < -0.3 is 19.5 Å². The van der Waals surface area contributed by atoms with Crippen LogP contribution in [0.4, 0.5) is 0 Å². The molecule has 3 unspecified atom stereocenters. The highest BCUT2D eigenvalue weighted by molar-refractivity contribution is 8.02. The highest BCUT2D eigenvalue weighted by atomic mass is 32.2. The fourth-order valence-corrected chi connectivity index (χ4v) is 6.61. The van der Waals surface area contributed by atoms with Crippen molar-refractivity contribution in [1.29, 1.82) is 0 Å². The van der Waals surface area contributed by atoms with E-state index in [1.807, 2.05) is 11.8 Å². The Hall–Kier alpha value is -1.66. The number of nitrogens with zero attached hydrogens (tertiary/aromatic N) is 1. The first-order valence-electron chi connectivity index (χ1n) is 11.1. The third-order valence-electron chi connectivity index (χ3n) is 7.97. The highest BCUT2D eigenvalue weighted by Crippen LogP contribution is 2.64. The highest BCUT2D eigenvalue weighted by Gasteiger charge is 2.57. The van der Waals surface area contributed by atoms with Gasteiger partial charge in [0.25, 0.3) is 0 Å². The monoisotopic (exact) mass is 429 g/mol. The van der Waals surface area contributed by atoms with Crippen LogP contribution in [0.3, 0.4) is 0 Å². The van der Waals surface area contributed by atoms with Crippen LogP contribution in [0.5, 0.6) is 11.5 Å². The zero-order valence-corrected chi connectivity index (χ0v) is 18.7. The minimum atomic E-state index is -0.722. The van der Waals surface area contributed by atoms with Gasteiger partial charge in [-0.2, -0.15) is 0 Å². The number of ether oxygens (including phenoxy) is 2. The van der Waals surface area contributed by atoms with Crippen LogP contribution in [0.2, 0.25) is 0 Å². The molecule has 3 aliphatic heterocycles. The maximum atomic E-state index is 10.8. The lowest BCUT2D eigenvalue weighted by molar-refractivity contribution is -0.137. The van der Waals surface area contributed by atoms with Gasteiger partial charge in [-0.3, -0.25) is 4.79 Å². The fraction of sp³-hybridized carbons (Fsp3) is 0.625. The van der Waals surface area contributed by atoms with E-state index in [2.05, 4.69) is 42.4 Å². The fourth-order valence-electron chi connectivity index (χ4n) is 5.43. The third-order valence-corrected chi connectivity index (χ3v) is 9.35. The lowest BCUT2D eigenvalue weighted by Gasteiger charge is -2.38. The summed E-state index contributed by atoms with van der Waals surface area (Å²) in [6.45, 7) is 8.62. The number of aliphatic carboxylic acids is 1. The molecule has 0 amide bonds. The number of carbonyl (C=O) groups is 1. The average Bonchev–Trinajstić information content (AvgIpc) is 3.34. The largest absolute Gasteiger partial charge is 0.492 e. The van der Waals surface area contributed by atoms with Crippen LogP contribution in [0.15, 0.2) is 29.2 Å². The van der Waals surface area contributed by atoms with Crippen LogP contribution < -0.4 is 9.47 Å². The van der Waals surface area contributed by atoms with E-state index in [4.69, 9.17) is 14.6 Å². The van der Waals surface area contributed by atoms with Gasteiger partial charge in [0.2, 0.25) is 0 Å². The van der Waals surface area contributed by atoms with Crippen molar-refractivity contribution < 1.29 is 19.4 Å². The van der Waals surface area contributed by atoms with Crippen molar-refractivity contribution in [1.82, 2.24) is 4.90 Å². The van der Waals surface area contributed by atoms with E-state index < -0.39 is 5.97 Å². The van der Waals surface area contributed by atoms with Gasteiger partial charge in [0, 0.05) is 28.8 Å². The van der Waals surface area contributed by atoms with Crippen LogP contribution in [-0.2, 0) is 10.2 Å². The Morgan fingerprint density at radius 3 is 2.93 bits per heavy atom. The summed E-state index contributed by atoms with van der Waals surface area (Å²) in [4.78, 5) is 13.1. The van der Waals surface area contributed by atoms with E-state index >= 15 is 0 Å². The van der Waals surface area contributed by atoms with Crippen molar-refractivity contribution in [2.75, 3.05) is 32.8 Å². The van der Waals surface area contributed by atoms with Gasteiger partial charge in [-0.25, -0.2) is 0 Å². The van der Waals surface area contributed by atoms with Crippen molar-refractivity contribution in [3.63, 3.8) is 0 Å². The molecule has 1 spiro atoms. The first-order chi connectivity index (χ1) is 14.4. The summed E-state index contributed by atoms with van der Waals surface area (Å²) >= 11 is 1.95. The van der Waals surface area contributed by atoms with E-state index in [0.29, 0.717) is 29.7 Å². The average molecular weight is 430 g/mol. The van der Waals surface area contributed by atoms with E-state index in [0.717, 1.165) is 44.0 Å². The normalized spacial score (nSPS) is 31.5. The van der Waals surface area contributed by atoms with Crippen molar-refractivity contribution in [2.45, 2.75) is 50.2 Å². The number of hydrogen-bond acceptors (Lipinski definition) is 5. The summed E-state index contributed by atoms with van der Waals surface area (Å²) in [5.41, 5.74) is 3.27. The van der Waals surface area contributed by atoms with Crippen LogP contribution in [0, 0.1) is 11.3 Å². The van der Waals surface area contributed by atoms with Crippen LogP contribution in [0.1, 0.15) is 45.1 Å². The number of thioether (sulfide) groups is 1. The molecule has 30 heavy (non-hydrogen) atoms. The summed E-state index contributed by atoms with van der Waals surface area (Å²) < 4.78 is 12.3. The van der Waals surface area contributed by atoms with Gasteiger partial charge in [0.05, 0.1) is 13.0 Å². The Morgan fingerprint density at radius 1 is 1.37 bits per heavy atom. The summed E-state index contributed by atoms with van der Waals surface area (Å²) in [5.74, 6) is 1.81. The van der Waals surface area contributed by atoms with Gasteiger partial charge in [-0.15, -0.1) is 11.8 Å². The second kappa shape index (κ2) is 7.49. The number of piperidine rings is 1. The molecule has 1 aliphatic carbocycles. The van der Waals surface area contributed by atoms with Crippen LogP contribution >= 0.6 is 11.8 Å². The van der Waals surface area contributed by atoms with Gasteiger partial charge in [-0.05, 0) is 60.7 Å². The summed E-state index contributed by atoms with van der Waals surface area (Å²) in [6.07, 6.45) is 3.54. The summed E-state index contributed by atoms with van der Waals surface area (Å²) in [7, 11) is 0. The molecule has 1 aromatic rings. The Morgan fingerprint density at radius 2 is 2.17 bits per heavy atom. The molecule has 1 saturated carbocycles. The van der Waals surface area contributed by atoms with Crippen molar-refractivity contribution in [2.24, 2.45) is 11.3 Å². The zero-order valence-electron chi connectivity index (χ0n) is 17.9. The third kappa shape index (κ3) is 3.52. The number of rotatable bonds is 6. The molecule has 0 bridgehead atoms.